The molecule has 264 valence electrons. The molecular weight excluding hydrogens is 584 g/mol. The summed E-state index contributed by atoms with van der Waals surface area (Å²) in [6.45, 7) is 23.2. The second-order valence-corrected chi connectivity index (χ2v) is 10.7. The number of carbonyl (C=O) groups excluding carboxylic acids is 1. The highest BCUT2D eigenvalue weighted by atomic mass is 16.5. The first kappa shape index (κ1) is 51.3. The zero-order valence-corrected chi connectivity index (χ0v) is 28.7. The Morgan fingerprint density at radius 2 is 0.800 bits per heavy atom. The molecule has 0 spiro atoms. The normalized spacial score (nSPS) is 9.53. The van der Waals surface area contributed by atoms with Gasteiger partial charge < -0.3 is 35.4 Å². The summed E-state index contributed by atoms with van der Waals surface area (Å²) in [4.78, 5) is 39.9. The van der Waals surface area contributed by atoms with E-state index in [1.54, 1.807) is 6.92 Å². The molecule has 0 amide bonds. The minimum Gasteiger partial charge on any atom is -0.478 e. The summed E-state index contributed by atoms with van der Waals surface area (Å²) < 4.78 is 5.04. The van der Waals surface area contributed by atoms with E-state index >= 15 is 0 Å². The van der Waals surface area contributed by atoms with E-state index in [9.17, 15) is 19.2 Å². The molecule has 0 atom stereocenters. The Balaban J connectivity index is -0.000000165. The van der Waals surface area contributed by atoms with Crippen LogP contribution in [-0.2, 0) is 23.9 Å². The fourth-order valence-electron chi connectivity index (χ4n) is 2.36. The zero-order chi connectivity index (χ0) is 36.4. The van der Waals surface area contributed by atoms with Crippen LogP contribution in [0.2, 0.25) is 0 Å². The standard InChI is InChI=1S/C16H30O2.C6H14O3.3C4H6O2/c1-4-5-6-7-8-9-10-11-12-13-14-18-16(17)15(2)3;1-2-6(3-7,4-8)5-9;3*1-3(2)4(5)6/h2,4-14H2,1,3H3;7-9H,2-5H2,1H3;3*1H2,2H3,(H,5,6). The Bertz CT molecular complexity index is 746. The van der Waals surface area contributed by atoms with Gasteiger partial charge in [-0.15, -0.1) is 0 Å². The van der Waals surface area contributed by atoms with Crippen LogP contribution in [0.5, 0.6) is 0 Å². The lowest BCUT2D eigenvalue weighted by molar-refractivity contribution is -0.139. The molecule has 6 N–H and O–H groups in total. The highest BCUT2D eigenvalue weighted by Crippen LogP contribution is 2.18. The van der Waals surface area contributed by atoms with Gasteiger partial charge in [0.15, 0.2) is 0 Å². The van der Waals surface area contributed by atoms with Crippen molar-refractivity contribution in [2.75, 3.05) is 26.4 Å². The van der Waals surface area contributed by atoms with Crippen LogP contribution in [0.1, 0.15) is 112 Å². The number of rotatable bonds is 19. The van der Waals surface area contributed by atoms with Crippen molar-refractivity contribution in [1.82, 2.24) is 0 Å². The molecular formula is C34H62O11. The molecule has 0 rings (SSSR count). The summed E-state index contributed by atoms with van der Waals surface area (Å²) in [6.07, 6.45) is 13.6. The van der Waals surface area contributed by atoms with E-state index in [4.69, 9.17) is 35.4 Å². The fraction of sp³-hybridized carbons (Fsp3) is 0.647. The molecule has 0 radical (unpaired) electrons. The number of carbonyl (C=O) groups is 4. The van der Waals surface area contributed by atoms with Gasteiger partial charge in [-0.25, -0.2) is 19.2 Å². The molecule has 0 unspecified atom stereocenters. The van der Waals surface area contributed by atoms with Crippen LogP contribution < -0.4 is 0 Å². The van der Waals surface area contributed by atoms with Crippen molar-refractivity contribution in [3.05, 3.63) is 48.6 Å². The molecule has 11 heteroatoms. The number of aliphatic carboxylic acids is 3. The minimum absolute atomic E-state index is 0.156. The third-order valence-corrected chi connectivity index (χ3v) is 5.93. The monoisotopic (exact) mass is 646 g/mol. The molecule has 0 aromatic rings. The van der Waals surface area contributed by atoms with Gasteiger partial charge in [0.25, 0.3) is 0 Å². The number of aliphatic hydroxyl groups is 3. The fourth-order valence-corrected chi connectivity index (χ4v) is 2.36. The van der Waals surface area contributed by atoms with E-state index in [1.165, 1.54) is 78.6 Å². The Morgan fingerprint density at radius 1 is 0.533 bits per heavy atom. The lowest BCUT2D eigenvalue weighted by atomic mass is 9.88. The summed E-state index contributed by atoms with van der Waals surface area (Å²) in [7, 11) is 0. The Labute approximate surface area is 271 Å². The van der Waals surface area contributed by atoms with Crippen LogP contribution in [-0.4, -0.2) is 80.9 Å². The van der Waals surface area contributed by atoms with Crippen molar-refractivity contribution in [2.45, 2.75) is 112 Å². The topological polar surface area (TPSA) is 199 Å². The van der Waals surface area contributed by atoms with Crippen LogP contribution in [0.15, 0.2) is 48.6 Å². The molecule has 0 saturated heterocycles. The average molecular weight is 647 g/mol. The lowest BCUT2D eigenvalue weighted by Crippen LogP contribution is -2.32. The van der Waals surface area contributed by atoms with Gasteiger partial charge in [-0.05, 0) is 40.5 Å². The third-order valence-electron chi connectivity index (χ3n) is 5.93. The summed E-state index contributed by atoms with van der Waals surface area (Å²) in [5.41, 5.74) is 0.349. The third kappa shape index (κ3) is 42.9. The first-order valence-electron chi connectivity index (χ1n) is 15.2. The predicted octanol–water partition coefficient (Wildman–Crippen LogP) is 6.33. The highest BCUT2D eigenvalue weighted by Gasteiger charge is 2.24. The molecule has 0 aromatic carbocycles. The van der Waals surface area contributed by atoms with Crippen molar-refractivity contribution in [1.29, 1.82) is 0 Å². The van der Waals surface area contributed by atoms with Crippen molar-refractivity contribution in [3.8, 4) is 0 Å². The number of carboxylic acids is 3. The number of esters is 1. The SMILES string of the molecule is C=C(C)C(=O)O.C=C(C)C(=O)O.C=C(C)C(=O)O.C=C(C)C(=O)OCCCCCCCCCCCC.CCC(CO)(CO)CO. The lowest BCUT2D eigenvalue weighted by Gasteiger charge is -2.24. The van der Waals surface area contributed by atoms with Crippen LogP contribution in [0.25, 0.3) is 0 Å². The zero-order valence-electron chi connectivity index (χ0n) is 28.7. The van der Waals surface area contributed by atoms with Crippen molar-refractivity contribution in [2.24, 2.45) is 5.41 Å². The quantitative estimate of drug-likeness (QED) is 0.0521. The first-order chi connectivity index (χ1) is 20.9. The average Bonchev–Trinajstić information content (AvgIpc) is 2.98. The van der Waals surface area contributed by atoms with Crippen LogP contribution >= 0.6 is 0 Å². The summed E-state index contributed by atoms with van der Waals surface area (Å²) >= 11 is 0. The molecule has 0 bridgehead atoms. The van der Waals surface area contributed by atoms with Gasteiger partial charge in [0.1, 0.15) is 0 Å². The van der Waals surface area contributed by atoms with Gasteiger partial charge in [-0.3, -0.25) is 0 Å². The maximum atomic E-state index is 11.1. The Morgan fingerprint density at radius 3 is 0.978 bits per heavy atom. The van der Waals surface area contributed by atoms with E-state index < -0.39 is 23.3 Å². The first-order valence-corrected chi connectivity index (χ1v) is 15.2. The highest BCUT2D eigenvalue weighted by molar-refractivity contribution is 5.87. The molecule has 0 aromatic heterocycles. The number of ether oxygens (including phenoxy) is 1. The molecule has 45 heavy (non-hydrogen) atoms. The number of hydrogen-bond acceptors (Lipinski definition) is 8. The number of hydrogen-bond donors (Lipinski definition) is 6. The second kappa shape index (κ2) is 35.2. The Kier molecular flexibility index (Phi) is 40.1. The van der Waals surface area contributed by atoms with Crippen LogP contribution in [0.3, 0.4) is 0 Å². The largest absolute Gasteiger partial charge is 0.478 e. The molecule has 0 fully saturated rings. The maximum Gasteiger partial charge on any atom is 0.333 e. The second-order valence-electron chi connectivity index (χ2n) is 10.7. The van der Waals surface area contributed by atoms with Crippen molar-refractivity contribution < 1.29 is 54.6 Å². The summed E-state index contributed by atoms with van der Waals surface area (Å²) in [6, 6.07) is 0. The molecule has 0 saturated carbocycles. The summed E-state index contributed by atoms with van der Waals surface area (Å²) in [5, 5.41) is 49.6. The summed E-state index contributed by atoms with van der Waals surface area (Å²) in [5.74, 6) is -3.06. The van der Waals surface area contributed by atoms with Gasteiger partial charge in [0.2, 0.25) is 0 Å². The van der Waals surface area contributed by atoms with Gasteiger partial charge in [-0.2, -0.15) is 0 Å². The molecule has 0 aliphatic carbocycles. The predicted molar refractivity (Wildman–Crippen MR) is 179 cm³/mol. The van der Waals surface area contributed by atoms with E-state index in [-0.39, 0.29) is 42.5 Å². The van der Waals surface area contributed by atoms with Crippen molar-refractivity contribution >= 4 is 23.9 Å². The smallest absolute Gasteiger partial charge is 0.333 e. The minimum atomic E-state index is -0.935. The van der Waals surface area contributed by atoms with Gasteiger partial charge in [0.05, 0.1) is 26.4 Å². The molecule has 0 heterocycles. The number of unbranched alkanes of at least 4 members (excludes halogenated alkanes) is 9. The number of carboxylic acid groups (broad SMARTS) is 3. The molecule has 0 aliphatic heterocycles. The van der Waals surface area contributed by atoms with Crippen molar-refractivity contribution in [3.63, 3.8) is 0 Å². The van der Waals surface area contributed by atoms with Crippen LogP contribution in [0.4, 0.5) is 0 Å². The number of aliphatic hydroxyl groups excluding tert-OH is 3. The Hall–Kier alpha value is -3.28. The molecule has 0 aliphatic rings. The van der Waals surface area contributed by atoms with Gasteiger partial charge in [-0.1, -0.05) is 98.0 Å². The van der Waals surface area contributed by atoms with E-state index in [0.29, 0.717) is 18.6 Å². The van der Waals surface area contributed by atoms with E-state index in [2.05, 4.69) is 33.2 Å². The molecule has 11 nitrogen and oxygen atoms in total. The van der Waals surface area contributed by atoms with Gasteiger partial charge >= 0.3 is 23.9 Å². The van der Waals surface area contributed by atoms with Crippen LogP contribution in [0, 0.1) is 5.41 Å². The van der Waals surface area contributed by atoms with Gasteiger partial charge in [0, 0.05) is 27.7 Å². The van der Waals surface area contributed by atoms with E-state index in [0.717, 1.165) is 6.42 Å². The van der Waals surface area contributed by atoms with E-state index in [1.807, 2.05) is 6.92 Å². The maximum absolute atomic E-state index is 11.1.